The van der Waals surface area contributed by atoms with E-state index in [2.05, 4.69) is 6.92 Å². The first-order valence-corrected chi connectivity index (χ1v) is 6.72. The van der Waals surface area contributed by atoms with Crippen LogP contribution >= 0.6 is 0 Å². The Morgan fingerprint density at radius 2 is 2.00 bits per heavy atom. The van der Waals surface area contributed by atoms with Crippen LogP contribution in [0.25, 0.3) is 0 Å². The van der Waals surface area contributed by atoms with Crippen molar-refractivity contribution in [2.45, 2.75) is 13.3 Å². The first-order valence-electron chi connectivity index (χ1n) is 6.72. The topological polar surface area (TPSA) is 49.6 Å². The predicted octanol–water partition coefficient (Wildman–Crippen LogP) is 2.06. The van der Waals surface area contributed by atoms with Gasteiger partial charge in [0.05, 0.1) is 5.56 Å². The Bertz CT molecular complexity index is 484. The van der Waals surface area contributed by atoms with Crippen LogP contribution in [0, 0.1) is 11.8 Å². The van der Waals surface area contributed by atoms with Crippen molar-refractivity contribution in [3.05, 3.63) is 23.8 Å². The molecule has 1 aliphatic carbocycles. The molecule has 2 rings (SSSR count). The molecule has 2 atom stereocenters. The zero-order valence-electron chi connectivity index (χ0n) is 12.2. The van der Waals surface area contributed by atoms with Gasteiger partial charge in [-0.2, -0.15) is 0 Å². The van der Waals surface area contributed by atoms with Gasteiger partial charge in [-0.05, 0) is 36.5 Å². The molecule has 4 heteroatoms. The molecule has 0 saturated heterocycles. The van der Waals surface area contributed by atoms with Crippen molar-refractivity contribution in [3.63, 3.8) is 0 Å². The van der Waals surface area contributed by atoms with Gasteiger partial charge >= 0.3 is 0 Å². The highest BCUT2D eigenvalue weighted by atomic mass is 16.2. The van der Waals surface area contributed by atoms with E-state index in [1.54, 1.807) is 6.07 Å². The first kappa shape index (κ1) is 13.7. The van der Waals surface area contributed by atoms with Crippen LogP contribution in [0.15, 0.2) is 18.2 Å². The summed E-state index contributed by atoms with van der Waals surface area (Å²) in [5.74, 6) is 1.47. The number of amides is 1. The molecule has 104 valence electrons. The molecular formula is C15H23N3O. The van der Waals surface area contributed by atoms with Crippen LogP contribution < -0.4 is 10.6 Å². The minimum absolute atomic E-state index is 0.0510. The maximum atomic E-state index is 12.5. The second kappa shape index (κ2) is 5.11. The van der Waals surface area contributed by atoms with Gasteiger partial charge in [-0.25, -0.2) is 0 Å². The van der Waals surface area contributed by atoms with Crippen molar-refractivity contribution in [3.8, 4) is 0 Å². The Hall–Kier alpha value is -1.71. The molecule has 2 N–H and O–H groups in total. The monoisotopic (exact) mass is 261 g/mol. The average Bonchev–Trinajstić information content (AvgIpc) is 3.03. The predicted molar refractivity (Wildman–Crippen MR) is 79.4 cm³/mol. The van der Waals surface area contributed by atoms with E-state index in [0.717, 1.165) is 18.2 Å². The Kier molecular flexibility index (Phi) is 3.69. The number of benzene rings is 1. The summed E-state index contributed by atoms with van der Waals surface area (Å²) in [7, 11) is 5.74. The smallest absolute Gasteiger partial charge is 0.255 e. The van der Waals surface area contributed by atoms with Gasteiger partial charge < -0.3 is 15.5 Å². The fourth-order valence-electron chi connectivity index (χ4n) is 2.41. The molecule has 1 amide bonds. The van der Waals surface area contributed by atoms with E-state index in [-0.39, 0.29) is 5.91 Å². The third-order valence-electron chi connectivity index (χ3n) is 3.86. The van der Waals surface area contributed by atoms with Gasteiger partial charge in [-0.3, -0.25) is 4.79 Å². The molecule has 0 bridgehead atoms. The normalized spacial score (nSPS) is 21.1. The molecule has 1 fully saturated rings. The highest BCUT2D eigenvalue weighted by Gasteiger charge is 2.34. The number of anilines is 2. The second-order valence-electron chi connectivity index (χ2n) is 5.83. The first-order chi connectivity index (χ1) is 8.90. The van der Waals surface area contributed by atoms with Gasteiger partial charge in [0.1, 0.15) is 0 Å². The molecule has 19 heavy (non-hydrogen) atoms. The van der Waals surface area contributed by atoms with Crippen molar-refractivity contribution in [2.75, 3.05) is 38.3 Å². The highest BCUT2D eigenvalue weighted by molar-refractivity contribution is 6.00. The summed E-state index contributed by atoms with van der Waals surface area (Å²) < 4.78 is 0. The molecule has 1 aromatic rings. The fraction of sp³-hybridized carbons (Fsp3) is 0.533. The molecule has 4 nitrogen and oxygen atoms in total. The Morgan fingerprint density at radius 3 is 2.53 bits per heavy atom. The standard InChI is InChI=1S/C15H23N3O/c1-10-7-11(10)9-18(4)15(19)13-8-12(16)5-6-14(13)17(2)3/h5-6,8,10-11H,7,9,16H2,1-4H3. The fourth-order valence-corrected chi connectivity index (χ4v) is 2.41. The van der Waals surface area contributed by atoms with Crippen molar-refractivity contribution >= 4 is 17.3 Å². The molecular weight excluding hydrogens is 238 g/mol. The Morgan fingerprint density at radius 1 is 1.37 bits per heavy atom. The van der Waals surface area contributed by atoms with E-state index in [1.807, 2.05) is 43.1 Å². The van der Waals surface area contributed by atoms with Gasteiger partial charge in [-0.1, -0.05) is 6.92 Å². The molecule has 0 spiro atoms. The summed E-state index contributed by atoms with van der Waals surface area (Å²) in [6.07, 6.45) is 1.23. The number of rotatable bonds is 4. The van der Waals surface area contributed by atoms with Crippen LogP contribution in [0.5, 0.6) is 0 Å². The van der Waals surface area contributed by atoms with Crippen LogP contribution in [-0.4, -0.2) is 38.5 Å². The van der Waals surface area contributed by atoms with E-state index in [1.165, 1.54) is 6.42 Å². The molecule has 0 radical (unpaired) electrons. The molecule has 1 saturated carbocycles. The van der Waals surface area contributed by atoms with E-state index < -0.39 is 0 Å². The summed E-state index contributed by atoms with van der Waals surface area (Å²) in [6, 6.07) is 5.50. The Balaban J connectivity index is 2.19. The molecule has 0 aliphatic heterocycles. The van der Waals surface area contributed by atoms with Gasteiger partial charge in [0.2, 0.25) is 0 Å². The van der Waals surface area contributed by atoms with Crippen molar-refractivity contribution in [2.24, 2.45) is 11.8 Å². The van der Waals surface area contributed by atoms with Gasteiger partial charge in [0, 0.05) is 39.1 Å². The Labute approximate surface area is 115 Å². The molecule has 1 aromatic carbocycles. The summed E-state index contributed by atoms with van der Waals surface area (Å²) in [6.45, 7) is 3.07. The average molecular weight is 261 g/mol. The van der Waals surface area contributed by atoms with Gasteiger partial charge in [-0.15, -0.1) is 0 Å². The molecule has 0 aromatic heterocycles. The third-order valence-corrected chi connectivity index (χ3v) is 3.86. The van der Waals surface area contributed by atoms with Crippen LogP contribution in [0.2, 0.25) is 0 Å². The molecule has 2 unspecified atom stereocenters. The zero-order chi connectivity index (χ0) is 14.2. The van der Waals surface area contributed by atoms with Crippen LogP contribution in [0.1, 0.15) is 23.7 Å². The maximum absolute atomic E-state index is 12.5. The maximum Gasteiger partial charge on any atom is 0.255 e. The van der Waals surface area contributed by atoms with E-state index in [4.69, 9.17) is 5.73 Å². The van der Waals surface area contributed by atoms with E-state index in [9.17, 15) is 4.79 Å². The number of nitrogens with two attached hydrogens (primary N) is 1. The van der Waals surface area contributed by atoms with Crippen LogP contribution in [-0.2, 0) is 0 Å². The lowest BCUT2D eigenvalue weighted by molar-refractivity contribution is 0.0787. The largest absolute Gasteiger partial charge is 0.399 e. The number of carbonyl (C=O) groups excluding carboxylic acids is 1. The third kappa shape index (κ3) is 3.00. The summed E-state index contributed by atoms with van der Waals surface area (Å²) in [5, 5.41) is 0. The number of nitrogen functional groups attached to an aromatic ring is 1. The number of nitrogens with zero attached hydrogens (tertiary/aromatic N) is 2. The van der Waals surface area contributed by atoms with Gasteiger partial charge in [0.25, 0.3) is 5.91 Å². The minimum atomic E-state index is 0.0510. The lowest BCUT2D eigenvalue weighted by Crippen LogP contribution is -2.30. The quantitative estimate of drug-likeness (QED) is 0.844. The minimum Gasteiger partial charge on any atom is -0.399 e. The number of carbonyl (C=O) groups is 1. The lowest BCUT2D eigenvalue weighted by atomic mass is 10.1. The molecule has 1 aliphatic rings. The SMILES string of the molecule is CC1CC1CN(C)C(=O)c1cc(N)ccc1N(C)C. The van der Waals surface area contributed by atoms with E-state index in [0.29, 0.717) is 17.2 Å². The number of hydrogen-bond donors (Lipinski definition) is 1. The van der Waals surface area contributed by atoms with Crippen LogP contribution in [0.3, 0.4) is 0 Å². The summed E-state index contributed by atoms with van der Waals surface area (Å²) in [5.41, 5.74) is 8.03. The zero-order valence-corrected chi connectivity index (χ0v) is 12.2. The highest BCUT2D eigenvalue weighted by Crippen LogP contribution is 2.38. The van der Waals surface area contributed by atoms with Crippen molar-refractivity contribution < 1.29 is 4.79 Å². The second-order valence-corrected chi connectivity index (χ2v) is 5.83. The van der Waals surface area contributed by atoms with Crippen molar-refractivity contribution in [1.29, 1.82) is 0 Å². The van der Waals surface area contributed by atoms with E-state index >= 15 is 0 Å². The molecule has 0 heterocycles. The van der Waals surface area contributed by atoms with Crippen LogP contribution in [0.4, 0.5) is 11.4 Å². The van der Waals surface area contributed by atoms with Gasteiger partial charge in [0.15, 0.2) is 0 Å². The number of hydrogen-bond acceptors (Lipinski definition) is 3. The summed E-state index contributed by atoms with van der Waals surface area (Å²) >= 11 is 0. The van der Waals surface area contributed by atoms with Crippen molar-refractivity contribution in [1.82, 2.24) is 4.90 Å². The lowest BCUT2D eigenvalue weighted by Gasteiger charge is -2.22. The summed E-state index contributed by atoms with van der Waals surface area (Å²) in [4.78, 5) is 16.3.